The van der Waals surface area contributed by atoms with Crippen molar-refractivity contribution in [3.8, 4) is 5.75 Å². The fourth-order valence-electron chi connectivity index (χ4n) is 1.91. The molecule has 0 heterocycles. The molecule has 0 N–H and O–H groups in total. The minimum atomic E-state index is 0.543. The van der Waals surface area contributed by atoms with E-state index in [0.717, 1.165) is 5.75 Å². The predicted octanol–water partition coefficient (Wildman–Crippen LogP) is 4.83. The molecule has 0 spiro atoms. The molecule has 2 rings (SSSR count). The van der Waals surface area contributed by atoms with E-state index in [1.54, 1.807) is 6.08 Å². The lowest BCUT2D eigenvalue weighted by molar-refractivity contribution is 0.364. The molecule has 0 aromatic heterocycles. The zero-order valence-electron chi connectivity index (χ0n) is 10.9. The van der Waals surface area contributed by atoms with Gasteiger partial charge in [-0.05, 0) is 48.4 Å². The van der Waals surface area contributed by atoms with Gasteiger partial charge in [0.15, 0.2) is 0 Å². The van der Waals surface area contributed by atoms with Crippen LogP contribution in [-0.2, 0) is 0 Å². The number of ether oxygens (including phenoxy) is 1. The molecule has 2 aromatic rings. The maximum absolute atomic E-state index is 5.53. The van der Waals surface area contributed by atoms with Crippen LogP contribution in [0.5, 0.6) is 5.75 Å². The van der Waals surface area contributed by atoms with E-state index in [2.05, 4.69) is 56.8 Å². The second kappa shape index (κ2) is 5.54. The SMILES string of the molecule is C=CCOc1ccc2cc(C=C(C)C)ccc2c1. The summed E-state index contributed by atoms with van der Waals surface area (Å²) >= 11 is 0. The van der Waals surface area contributed by atoms with Crippen molar-refractivity contribution < 1.29 is 4.74 Å². The molecule has 0 saturated heterocycles. The van der Waals surface area contributed by atoms with E-state index in [1.165, 1.54) is 21.9 Å². The van der Waals surface area contributed by atoms with Crippen molar-refractivity contribution >= 4 is 16.8 Å². The quantitative estimate of drug-likeness (QED) is 0.693. The fourth-order valence-corrected chi connectivity index (χ4v) is 1.91. The van der Waals surface area contributed by atoms with Crippen LogP contribution < -0.4 is 4.74 Å². The number of benzene rings is 2. The van der Waals surface area contributed by atoms with Crippen molar-refractivity contribution in [1.82, 2.24) is 0 Å². The molecule has 1 heteroatoms. The van der Waals surface area contributed by atoms with Crippen LogP contribution in [0.2, 0.25) is 0 Å². The summed E-state index contributed by atoms with van der Waals surface area (Å²) in [5.41, 5.74) is 2.54. The van der Waals surface area contributed by atoms with Gasteiger partial charge < -0.3 is 4.74 Å². The zero-order chi connectivity index (χ0) is 13.0. The Balaban J connectivity index is 2.35. The summed E-state index contributed by atoms with van der Waals surface area (Å²) < 4.78 is 5.53. The highest BCUT2D eigenvalue weighted by atomic mass is 16.5. The Morgan fingerprint density at radius 1 is 1.11 bits per heavy atom. The number of fused-ring (bicyclic) bond motifs is 1. The Labute approximate surface area is 108 Å². The van der Waals surface area contributed by atoms with Crippen LogP contribution in [0.25, 0.3) is 16.8 Å². The van der Waals surface area contributed by atoms with Gasteiger partial charge in [-0.3, -0.25) is 0 Å². The Kier molecular flexibility index (Phi) is 3.83. The second-order valence-electron chi connectivity index (χ2n) is 4.59. The van der Waals surface area contributed by atoms with Gasteiger partial charge in [-0.15, -0.1) is 0 Å². The summed E-state index contributed by atoms with van der Waals surface area (Å²) in [5, 5.41) is 2.43. The molecule has 0 bridgehead atoms. The standard InChI is InChI=1S/C17H18O/c1-4-9-18-17-8-7-15-11-14(10-13(2)3)5-6-16(15)12-17/h4-8,10-12H,1,9H2,2-3H3. The molecule has 0 aliphatic rings. The molecule has 0 aliphatic carbocycles. The van der Waals surface area contributed by atoms with Crippen molar-refractivity contribution in [1.29, 1.82) is 0 Å². The molecule has 2 aromatic carbocycles. The van der Waals surface area contributed by atoms with Gasteiger partial charge in [0.05, 0.1) is 0 Å². The van der Waals surface area contributed by atoms with Crippen LogP contribution in [0.15, 0.2) is 54.6 Å². The molecular formula is C17H18O. The van der Waals surface area contributed by atoms with Crippen LogP contribution in [0.4, 0.5) is 0 Å². The topological polar surface area (TPSA) is 9.23 Å². The summed E-state index contributed by atoms with van der Waals surface area (Å²) in [7, 11) is 0. The van der Waals surface area contributed by atoms with Gasteiger partial charge in [-0.25, -0.2) is 0 Å². The molecular weight excluding hydrogens is 220 g/mol. The predicted molar refractivity (Wildman–Crippen MR) is 79.0 cm³/mol. The number of hydrogen-bond donors (Lipinski definition) is 0. The molecule has 0 amide bonds. The molecule has 0 atom stereocenters. The first-order chi connectivity index (χ1) is 8.69. The summed E-state index contributed by atoms with van der Waals surface area (Å²) in [5.74, 6) is 0.886. The van der Waals surface area contributed by atoms with E-state index in [9.17, 15) is 0 Å². The van der Waals surface area contributed by atoms with Crippen molar-refractivity contribution in [2.45, 2.75) is 13.8 Å². The Morgan fingerprint density at radius 3 is 2.56 bits per heavy atom. The minimum Gasteiger partial charge on any atom is -0.490 e. The average molecular weight is 238 g/mol. The van der Waals surface area contributed by atoms with Crippen molar-refractivity contribution in [2.24, 2.45) is 0 Å². The molecule has 92 valence electrons. The lowest BCUT2D eigenvalue weighted by Gasteiger charge is -2.05. The van der Waals surface area contributed by atoms with E-state index < -0.39 is 0 Å². The Morgan fingerprint density at radius 2 is 1.83 bits per heavy atom. The number of allylic oxidation sites excluding steroid dienone is 1. The van der Waals surface area contributed by atoms with Crippen LogP contribution >= 0.6 is 0 Å². The van der Waals surface area contributed by atoms with Gasteiger partial charge in [0.2, 0.25) is 0 Å². The Bertz CT molecular complexity index is 590. The third-order valence-corrected chi connectivity index (χ3v) is 2.66. The fraction of sp³-hybridized carbons (Fsp3) is 0.176. The van der Waals surface area contributed by atoms with Gasteiger partial charge >= 0.3 is 0 Å². The van der Waals surface area contributed by atoms with Crippen LogP contribution in [0.1, 0.15) is 19.4 Å². The molecule has 1 nitrogen and oxygen atoms in total. The lowest BCUT2D eigenvalue weighted by atomic mass is 10.1. The van der Waals surface area contributed by atoms with Gasteiger partial charge in [-0.2, -0.15) is 0 Å². The van der Waals surface area contributed by atoms with E-state index in [0.29, 0.717) is 6.61 Å². The molecule has 0 saturated carbocycles. The van der Waals surface area contributed by atoms with Crippen LogP contribution in [0, 0.1) is 0 Å². The highest BCUT2D eigenvalue weighted by Gasteiger charge is 1.98. The first-order valence-electron chi connectivity index (χ1n) is 6.11. The number of rotatable bonds is 4. The molecule has 0 radical (unpaired) electrons. The first kappa shape index (κ1) is 12.4. The monoisotopic (exact) mass is 238 g/mol. The van der Waals surface area contributed by atoms with Crippen LogP contribution in [0.3, 0.4) is 0 Å². The average Bonchev–Trinajstić information content (AvgIpc) is 2.35. The van der Waals surface area contributed by atoms with Crippen molar-refractivity contribution in [3.05, 3.63) is 60.2 Å². The normalized spacial score (nSPS) is 10.1. The summed E-state index contributed by atoms with van der Waals surface area (Å²) in [4.78, 5) is 0. The highest BCUT2D eigenvalue weighted by Crippen LogP contribution is 2.23. The minimum absolute atomic E-state index is 0.543. The summed E-state index contributed by atoms with van der Waals surface area (Å²) in [6.45, 7) is 8.40. The van der Waals surface area contributed by atoms with Gasteiger partial charge in [0.1, 0.15) is 12.4 Å². The maximum atomic E-state index is 5.53. The van der Waals surface area contributed by atoms with Crippen molar-refractivity contribution in [3.63, 3.8) is 0 Å². The van der Waals surface area contributed by atoms with Gasteiger partial charge in [0.25, 0.3) is 0 Å². The third kappa shape index (κ3) is 3.01. The van der Waals surface area contributed by atoms with E-state index in [-0.39, 0.29) is 0 Å². The van der Waals surface area contributed by atoms with Crippen LogP contribution in [-0.4, -0.2) is 6.61 Å². The molecule has 0 fully saturated rings. The smallest absolute Gasteiger partial charge is 0.120 e. The van der Waals surface area contributed by atoms with Crippen molar-refractivity contribution in [2.75, 3.05) is 6.61 Å². The lowest BCUT2D eigenvalue weighted by Crippen LogP contribution is -1.92. The Hall–Kier alpha value is -2.02. The largest absolute Gasteiger partial charge is 0.490 e. The van der Waals surface area contributed by atoms with Gasteiger partial charge in [-0.1, -0.05) is 42.5 Å². The highest BCUT2D eigenvalue weighted by molar-refractivity contribution is 5.86. The third-order valence-electron chi connectivity index (χ3n) is 2.66. The maximum Gasteiger partial charge on any atom is 0.120 e. The second-order valence-corrected chi connectivity index (χ2v) is 4.59. The molecule has 0 aliphatic heterocycles. The first-order valence-corrected chi connectivity index (χ1v) is 6.11. The summed E-state index contributed by atoms with van der Waals surface area (Å²) in [6.07, 6.45) is 3.93. The zero-order valence-corrected chi connectivity index (χ0v) is 10.9. The van der Waals surface area contributed by atoms with Gasteiger partial charge in [0, 0.05) is 0 Å². The van der Waals surface area contributed by atoms with E-state index in [1.807, 2.05) is 6.07 Å². The molecule has 18 heavy (non-hydrogen) atoms. The molecule has 0 unspecified atom stereocenters. The van der Waals surface area contributed by atoms with E-state index in [4.69, 9.17) is 4.74 Å². The number of hydrogen-bond acceptors (Lipinski definition) is 1. The van der Waals surface area contributed by atoms with E-state index >= 15 is 0 Å². The summed E-state index contributed by atoms with van der Waals surface area (Å²) in [6, 6.07) is 12.6.